The number of carbonyl (C=O) groups is 1. The van der Waals surface area contributed by atoms with E-state index in [1.165, 1.54) is 0 Å². The maximum atomic E-state index is 12.6. The number of benzene rings is 1. The minimum absolute atomic E-state index is 0.107. The van der Waals surface area contributed by atoms with Crippen LogP contribution < -0.4 is 5.32 Å². The van der Waals surface area contributed by atoms with Crippen LogP contribution in [-0.4, -0.2) is 25.5 Å². The molecule has 3 rings (SSSR count). The fourth-order valence-electron chi connectivity index (χ4n) is 2.67. The predicted octanol–water partition coefficient (Wildman–Crippen LogP) is 2.87. The van der Waals surface area contributed by atoms with Gasteiger partial charge in [0, 0.05) is 11.4 Å². The van der Waals surface area contributed by atoms with E-state index in [-0.39, 0.29) is 17.8 Å². The lowest BCUT2D eigenvalue weighted by Gasteiger charge is -2.13. The Morgan fingerprint density at radius 3 is 2.65 bits per heavy atom. The number of rotatable bonds is 4. The molecule has 2 aromatic heterocycles. The number of aryl methyl sites for hydroxylation is 2. The lowest BCUT2D eigenvalue weighted by molar-refractivity contribution is -0.117. The first-order valence-electron chi connectivity index (χ1n) is 7.65. The van der Waals surface area contributed by atoms with Gasteiger partial charge in [-0.05, 0) is 31.9 Å². The summed E-state index contributed by atoms with van der Waals surface area (Å²) in [7, 11) is 0. The number of fused-ring (bicyclic) bond motifs is 1. The van der Waals surface area contributed by atoms with Crippen LogP contribution in [-0.2, 0) is 4.79 Å². The van der Waals surface area contributed by atoms with Gasteiger partial charge < -0.3 is 0 Å². The quantitative estimate of drug-likeness (QED) is 0.804. The molecule has 0 aliphatic rings. The maximum absolute atomic E-state index is 12.6. The van der Waals surface area contributed by atoms with Crippen molar-refractivity contribution in [2.75, 3.05) is 5.32 Å². The van der Waals surface area contributed by atoms with Gasteiger partial charge in [-0.1, -0.05) is 37.3 Å². The molecule has 0 spiro atoms. The SMILES string of the molecule is CCC(C(=O)Nc1nc2nc(C)cc(C)n2n1)c1ccccc1. The number of aromatic nitrogens is 4. The molecule has 0 aliphatic carbocycles. The summed E-state index contributed by atoms with van der Waals surface area (Å²) in [6.07, 6.45) is 0.708. The predicted molar refractivity (Wildman–Crippen MR) is 88.4 cm³/mol. The van der Waals surface area contributed by atoms with E-state index in [1.54, 1.807) is 4.52 Å². The Kier molecular flexibility index (Phi) is 4.06. The number of hydrogen-bond acceptors (Lipinski definition) is 4. The van der Waals surface area contributed by atoms with Gasteiger partial charge in [0.2, 0.25) is 5.91 Å². The van der Waals surface area contributed by atoms with Crippen LogP contribution in [0.1, 0.15) is 36.2 Å². The summed E-state index contributed by atoms with van der Waals surface area (Å²) in [5.41, 5.74) is 2.79. The summed E-state index contributed by atoms with van der Waals surface area (Å²) >= 11 is 0. The zero-order valence-electron chi connectivity index (χ0n) is 13.4. The molecule has 6 nitrogen and oxygen atoms in total. The summed E-state index contributed by atoms with van der Waals surface area (Å²) in [5.74, 6) is 0.443. The van der Waals surface area contributed by atoms with Crippen molar-refractivity contribution in [1.82, 2.24) is 19.6 Å². The Hall–Kier alpha value is -2.76. The lowest BCUT2D eigenvalue weighted by Crippen LogP contribution is -2.21. The number of amides is 1. The standard InChI is InChI=1S/C17H19N5O/c1-4-14(13-8-6-5-7-9-13)15(23)19-16-20-17-18-11(2)10-12(3)22(17)21-16/h5-10,14H,4H2,1-3H3,(H,19,21,23). The molecule has 118 valence electrons. The zero-order valence-corrected chi connectivity index (χ0v) is 13.4. The van der Waals surface area contributed by atoms with Crippen molar-refractivity contribution in [2.45, 2.75) is 33.1 Å². The molecule has 0 radical (unpaired) electrons. The minimum atomic E-state index is -0.224. The summed E-state index contributed by atoms with van der Waals surface area (Å²) in [6.45, 7) is 5.83. The van der Waals surface area contributed by atoms with Gasteiger partial charge in [-0.3, -0.25) is 10.1 Å². The van der Waals surface area contributed by atoms with E-state index in [1.807, 2.05) is 57.2 Å². The second kappa shape index (κ2) is 6.16. The van der Waals surface area contributed by atoms with Gasteiger partial charge in [-0.25, -0.2) is 4.98 Å². The van der Waals surface area contributed by atoms with Crippen LogP contribution in [0.25, 0.3) is 5.78 Å². The first-order chi connectivity index (χ1) is 11.1. The van der Waals surface area contributed by atoms with Crippen molar-refractivity contribution in [2.24, 2.45) is 0 Å². The van der Waals surface area contributed by atoms with Crippen molar-refractivity contribution in [3.63, 3.8) is 0 Å². The summed E-state index contributed by atoms with van der Waals surface area (Å²) < 4.78 is 1.63. The van der Waals surface area contributed by atoms with Crippen LogP contribution in [0.15, 0.2) is 36.4 Å². The van der Waals surface area contributed by atoms with E-state index in [2.05, 4.69) is 20.4 Å². The van der Waals surface area contributed by atoms with Crippen molar-refractivity contribution < 1.29 is 4.79 Å². The number of anilines is 1. The average molecular weight is 309 g/mol. The van der Waals surface area contributed by atoms with Crippen LogP contribution in [0.2, 0.25) is 0 Å². The van der Waals surface area contributed by atoms with Gasteiger partial charge in [0.1, 0.15) is 0 Å². The molecule has 0 bridgehead atoms. The van der Waals surface area contributed by atoms with E-state index < -0.39 is 0 Å². The van der Waals surface area contributed by atoms with Crippen LogP contribution in [0, 0.1) is 13.8 Å². The van der Waals surface area contributed by atoms with Gasteiger partial charge >= 0.3 is 0 Å². The zero-order chi connectivity index (χ0) is 16.4. The second-order valence-corrected chi connectivity index (χ2v) is 5.55. The van der Waals surface area contributed by atoms with E-state index in [0.717, 1.165) is 17.0 Å². The first kappa shape index (κ1) is 15.1. The normalized spacial score (nSPS) is 12.3. The molecule has 6 heteroatoms. The Bertz CT molecular complexity index is 841. The maximum Gasteiger partial charge on any atom is 0.254 e. The summed E-state index contributed by atoms with van der Waals surface area (Å²) in [4.78, 5) is 21.2. The van der Waals surface area contributed by atoms with Gasteiger partial charge in [0.15, 0.2) is 0 Å². The monoisotopic (exact) mass is 309 g/mol. The van der Waals surface area contributed by atoms with E-state index >= 15 is 0 Å². The Morgan fingerprint density at radius 2 is 1.96 bits per heavy atom. The molecule has 1 amide bonds. The molecular weight excluding hydrogens is 290 g/mol. The highest BCUT2D eigenvalue weighted by atomic mass is 16.2. The molecule has 0 fully saturated rings. The van der Waals surface area contributed by atoms with Crippen molar-refractivity contribution in [3.8, 4) is 0 Å². The van der Waals surface area contributed by atoms with Gasteiger partial charge in [-0.2, -0.15) is 9.50 Å². The van der Waals surface area contributed by atoms with E-state index in [4.69, 9.17) is 0 Å². The van der Waals surface area contributed by atoms with Gasteiger partial charge in [0.05, 0.1) is 5.92 Å². The molecule has 1 atom stereocenters. The molecular formula is C17H19N5O. The van der Waals surface area contributed by atoms with Crippen molar-refractivity contribution in [1.29, 1.82) is 0 Å². The fourth-order valence-corrected chi connectivity index (χ4v) is 2.67. The summed E-state index contributed by atoms with van der Waals surface area (Å²) in [6, 6.07) is 11.6. The molecule has 23 heavy (non-hydrogen) atoms. The average Bonchev–Trinajstić information content (AvgIpc) is 2.91. The molecule has 0 saturated carbocycles. The largest absolute Gasteiger partial charge is 0.293 e. The fraction of sp³-hybridized carbons (Fsp3) is 0.294. The third kappa shape index (κ3) is 3.06. The Morgan fingerprint density at radius 1 is 1.22 bits per heavy atom. The van der Waals surface area contributed by atoms with Crippen LogP contribution >= 0.6 is 0 Å². The Labute approximate surface area is 134 Å². The molecule has 0 saturated heterocycles. The topological polar surface area (TPSA) is 72.2 Å². The summed E-state index contributed by atoms with van der Waals surface area (Å²) in [5, 5.41) is 7.12. The van der Waals surface area contributed by atoms with Gasteiger partial charge in [0.25, 0.3) is 11.7 Å². The van der Waals surface area contributed by atoms with Crippen molar-refractivity contribution >= 4 is 17.6 Å². The third-order valence-corrected chi connectivity index (χ3v) is 3.78. The molecule has 1 unspecified atom stereocenters. The van der Waals surface area contributed by atoms with Crippen molar-refractivity contribution in [3.05, 3.63) is 53.3 Å². The number of nitrogens with zero attached hydrogens (tertiary/aromatic N) is 4. The highest BCUT2D eigenvalue weighted by Crippen LogP contribution is 2.21. The van der Waals surface area contributed by atoms with Crippen LogP contribution in [0.3, 0.4) is 0 Å². The lowest BCUT2D eigenvalue weighted by atomic mass is 9.96. The highest BCUT2D eigenvalue weighted by Gasteiger charge is 2.20. The highest BCUT2D eigenvalue weighted by molar-refractivity contribution is 5.94. The van der Waals surface area contributed by atoms with Crippen LogP contribution in [0.4, 0.5) is 5.95 Å². The molecule has 0 aliphatic heterocycles. The molecule has 3 aromatic rings. The minimum Gasteiger partial charge on any atom is -0.293 e. The number of nitrogens with one attached hydrogen (secondary N) is 1. The second-order valence-electron chi connectivity index (χ2n) is 5.55. The molecule has 1 aromatic carbocycles. The number of hydrogen-bond donors (Lipinski definition) is 1. The smallest absolute Gasteiger partial charge is 0.254 e. The van der Waals surface area contributed by atoms with Crippen LogP contribution in [0.5, 0.6) is 0 Å². The first-order valence-corrected chi connectivity index (χ1v) is 7.65. The van der Waals surface area contributed by atoms with E-state index in [9.17, 15) is 4.79 Å². The van der Waals surface area contributed by atoms with Gasteiger partial charge in [-0.15, -0.1) is 5.10 Å². The molecule has 1 N–H and O–H groups in total. The Balaban J connectivity index is 1.86. The van der Waals surface area contributed by atoms with E-state index in [0.29, 0.717) is 12.2 Å². The molecule has 2 heterocycles. The third-order valence-electron chi connectivity index (χ3n) is 3.78. The number of carbonyl (C=O) groups excluding carboxylic acids is 1.